The lowest BCUT2D eigenvalue weighted by Gasteiger charge is -2.27. The van der Waals surface area contributed by atoms with E-state index in [1.54, 1.807) is 48.5 Å². The van der Waals surface area contributed by atoms with Crippen LogP contribution in [0.1, 0.15) is 22.3 Å². The second-order valence-electron chi connectivity index (χ2n) is 12.4. The number of phenols is 4. The van der Waals surface area contributed by atoms with Crippen molar-refractivity contribution in [3.63, 3.8) is 0 Å². The molecular weight excluding hydrogens is 728 g/mol. The number of rotatable bonds is 19. The van der Waals surface area contributed by atoms with Gasteiger partial charge in [0.1, 0.15) is 0 Å². The summed E-state index contributed by atoms with van der Waals surface area (Å²) in [6, 6.07) is 15.7. The van der Waals surface area contributed by atoms with Crippen LogP contribution in [0.5, 0.6) is 57.5 Å². The Hall–Kier alpha value is -6.70. The maximum absolute atomic E-state index is 13.1. The van der Waals surface area contributed by atoms with E-state index in [0.29, 0.717) is 22.3 Å². The van der Waals surface area contributed by atoms with E-state index in [9.17, 15) is 30.0 Å². The molecule has 0 bridgehead atoms. The van der Waals surface area contributed by atoms with E-state index >= 15 is 0 Å². The first kappa shape index (κ1) is 42.0. The van der Waals surface area contributed by atoms with Gasteiger partial charge in [-0.2, -0.15) is 0 Å². The molecule has 0 spiro atoms. The van der Waals surface area contributed by atoms with Gasteiger partial charge in [-0.15, -0.1) is 0 Å². The van der Waals surface area contributed by atoms with Crippen LogP contribution in [-0.4, -0.2) is 88.2 Å². The predicted octanol–water partition coefficient (Wildman–Crippen LogP) is 6.09. The molecule has 298 valence electrons. The molecule has 0 fully saturated rings. The number of carbonyl (C=O) groups excluding carboxylic acids is 2. The van der Waals surface area contributed by atoms with Crippen LogP contribution >= 0.6 is 0 Å². The number of methoxy groups -OCH3 is 6. The molecule has 0 unspecified atom stereocenters. The van der Waals surface area contributed by atoms with Crippen LogP contribution in [0.2, 0.25) is 0 Å². The van der Waals surface area contributed by atoms with Crippen LogP contribution in [0.15, 0.2) is 72.8 Å². The van der Waals surface area contributed by atoms with Gasteiger partial charge in [-0.1, -0.05) is 12.1 Å². The molecule has 2 atom stereocenters. The van der Waals surface area contributed by atoms with Gasteiger partial charge < -0.3 is 58.3 Å². The molecule has 0 saturated carbocycles. The third-order valence-corrected chi connectivity index (χ3v) is 8.85. The summed E-state index contributed by atoms with van der Waals surface area (Å²) in [5.41, 5.74) is 2.47. The third-order valence-electron chi connectivity index (χ3n) is 8.85. The van der Waals surface area contributed by atoms with Gasteiger partial charge in [-0.3, -0.25) is 0 Å². The number of hydrogen-bond acceptors (Lipinski definition) is 14. The summed E-state index contributed by atoms with van der Waals surface area (Å²) in [6.45, 7) is -0.295. The van der Waals surface area contributed by atoms with Crippen molar-refractivity contribution in [3.05, 3.63) is 95.1 Å². The molecule has 0 aliphatic heterocycles. The molecular formula is C42H46O14. The first-order valence-electron chi connectivity index (χ1n) is 17.2. The minimum absolute atomic E-state index is 0.0516. The number of aromatic hydroxyl groups is 4. The van der Waals surface area contributed by atoms with Crippen LogP contribution in [0, 0.1) is 11.8 Å². The van der Waals surface area contributed by atoms with Crippen LogP contribution in [-0.2, 0) is 31.9 Å². The molecule has 0 aromatic heterocycles. The summed E-state index contributed by atoms with van der Waals surface area (Å²) in [6.07, 6.45) is 5.97. The Balaban J connectivity index is 1.69. The number of carbonyl (C=O) groups is 2. The Bertz CT molecular complexity index is 1840. The lowest BCUT2D eigenvalue weighted by molar-refractivity contribution is -0.143. The number of phenolic OH excluding ortho intramolecular Hbond substituents is 4. The first-order chi connectivity index (χ1) is 26.9. The molecule has 14 heteroatoms. The molecule has 0 aliphatic carbocycles. The van der Waals surface area contributed by atoms with E-state index in [2.05, 4.69) is 0 Å². The van der Waals surface area contributed by atoms with E-state index in [1.807, 2.05) is 0 Å². The molecule has 0 aliphatic rings. The van der Waals surface area contributed by atoms with Crippen molar-refractivity contribution in [1.82, 2.24) is 0 Å². The molecule has 0 radical (unpaired) electrons. The fourth-order valence-corrected chi connectivity index (χ4v) is 5.86. The number of esters is 2. The van der Waals surface area contributed by atoms with Crippen LogP contribution in [0.3, 0.4) is 0 Å². The van der Waals surface area contributed by atoms with Crippen molar-refractivity contribution < 1.29 is 67.9 Å². The zero-order valence-corrected chi connectivity index (χ0v) is 31.9. The number of hydrogen-bond donors (Lipinski definition) is 4. The lowest BCUT2D eigenvalue weighted by Crippen LogP contribution is -2.30. The van der Waals surface area contributed by atoms with Crippen molar-refractivity contribution in [2.24, 2.45) is 11.8 Å². The van der Waals surface area contributed by atoms with Gasteiger partial charge >= 0.3 is 11.9 Å². The zero-order valence-electron chi connectivity index (χ0n) is 31.9. The van der Waals surface area contributed by atoms with Gasteiger partial charge in [0, 0.05) is 24.0 Å². The SMILES string of the molecule is COc1cc(/C=C/C(=O)OC[C@@H](Cc2cc(OC)c(O)c(OC)c2)[C@@H](COC(=O)/C=C/c2ccc(O)c(OC)c2)Cc2cc(OC)c(O)c(OC)c2)ccc1O. The van der Waals surface area contributed by atoms with Crippen molar-refractivity contribution in [2.45, 2.75) is 12.8 Å². The number of benzene rings is 4. The standard InChI is InChI=1S/C42H46O14/c1-49-33-17-25(7-11-31(33)43)9-13-39(45)55-23-29(15-27-19-35(51-3)41(47)36(20-27)52-4)30(16-28-21-37(53-5)42(48)38(22-28)54-6)24-56-40(46)14-10-26-8-12-32(44)34(18-26)50-2/h7-14,17-22,29-30,43-44,47-48H,15-16,23-24H2,1-6H3/b13-9+,14-10+/t29-,30-/m1/s1. The quantitative estimate of drug-likeness (QED) is 0.0633. The molecule has 0 amide bonds. The molecule has 0 heterocycles. The highest BCUT2D eigenvalue weighted by atomic mass is 16.5. The lowest BCUT2D eigenvalue weighted by atomic mass is 9.83. The second-order valence-corrected chi connectivity index (χ2v) is 12.4. The van der Waals surface area contributed by atoms with Crippen LogP contribution in [0.4, 0.5) is 0 Å². The fraction of sp³-hybridized carbons (Fsp3) is 0.286. The number of ether oxygens (including phenoxy) is 8. The highest BCUT2D eigenvalue weighted by molar-refractivity contribution is 5.87. The largest absolute Gasteiger partial charge is 0.504 e. The van der Waals surface area contributed by atoms with E-state index in [0.717, 1.165) is 0 Å². The average Bonchev–Trinajstić information content (AvgIpc) is 3.21. The Morgan fingerprint density at radius 1 is 0.500 bits per heavy atom. The summed E-state index contributed by atoms with van der Waals surface area (Å²) >= 11 is 0. The van der Waals surface area contributed by atoms with Crippen molar-refractivity contribution in [3.8, 4) is 57.5 Å². The summed E-state index contributed by atoms with van der Waals surface area (Å²) < 4.78 is 43.4. The minimum Gasteiger partial charge on any atom is -0.504 e. The van der Waals surface area contributed by atoms with E-state index in [4.69, 9.17) is 37.9 Å². The first-order valence-corrected chi connectivity index (χ1v) is 17.2. The minimum atomic E-state index is -0.668. The fourth-order valence-electron chi connectivity index (χ4n) is 5.86. The Morgan fingerprint density at radius 2 is 0.821 bits per heavy atom. The van der Waals surface area contributed by atoms with Crippen LogP contribution < -0.4 is 28.4 Å². The van der Waals surface area contributed by atoms with Gasteiger partial charge in [-0.05, 0) is 95.8 Å². The normalized spacial score (nSPS) is 12.2. The molecule has 0 saturated heterocycles. The van der Waals surface area contributed by atoms with Crippen molar-refractivity contribution in [1.29, 1.82) is 0 Å². The maximum atomic E-state index is 13.1. The molecule has 14 nitrogen and oxygen atoms in total. The Kier molecular flexibility index (Phi) is 15.1. The maximum Gasteiger partial charge on any atom is 0.330 e. The summed E-state index contributed by atoms with van der Waals surface area (Å²) in [7, 11) is 8.45. The second kappa shape index (κ2) is 20.1. The molecule has 4 aromatic rings. The third kappa shape index (κ3) is 11.2. The van der Waals surface area contributed by atoms with Crippen molar-refractivity contribution in [2.75, 3.05) is 55.9 Å². The highest BCUT2D eigenvalue weighted by Crippen LogP contribution is 2.40. The van der Waals surface area contributed by atoms with Gasteiger partial charge in [0.15, 0.2) is 46.0 Å². The molecule has 4 rings (SSSR count). The molecule has 4 aromatic carbocycles. The van der Waals surface area contributed by atoms with Crippen LogP contribution in [0.25, 0.3) is 12.2 Å². The summed E-state index contributed by atoms with van der Waals surface area (Å²) in [5, 5.41) is 41.1. The van der Waals surface area contributed by atoms with E-state index in [1.165, 1.54) is 79.1 Å². The molecule has 4 N–H and O–H groups in total. The van der Waals surface area contributed by atoms with E-state index < -0.39 is 23.8 Å². The molecule has 56 heavy (non-hydrogen) atoms. The van der Waals surface area contributed by atoms with Crippen molar-refractivity contribution >= 4 is 24.1 Å². The van der Waals surface area contributed by atoms with E-state index in [-0.39, 0.29) is 83.6 Å². The Labute approximate surface area is 324 Å². The zero-order chi connectivity index (χ0) is 40.8. The predicted molar refractivity (Wildman–Crippen MR) is 206 cm³/mol. The summed E-state index contributed by atoms with van der Waals surface area (Å²) in [4.78, 5) is 26.3. The van der Waals surface area contributed by atoms with Gasteiger partial charge in [0.05, 0.1) is 55.9 Å². The monoisotopic (exact) mass is 774 g/mol. The van der Waals surface area contributed by atoms with Gasteiger partial charge in [0.25, 0.3) is 0 Å². The Morgan fingerprint density at radius 3 is 1.12 bits per heavy atom. The average molecular weight is 775 g/mol. The van der Waals surface area contributed by atoms with Gasteiger partial charge in [0.2, 0.25) is 11.5 Å². The van der Waals surface area contributed by atoms with Gasteiger partial charge in [-0.25, -0.2) is 9.59 Å². The summed E-state index contributed by atoms with van der Waals surface area (Å²) in [5.74, 6) is -1.78. The highest BCUT2D eigenvalue weighted by Gasteiger charge is 2.28. The smallest absolute Gasteiger partial charge is 0.330 e. The topological polar surface area (TPSA) is 189 Å².